The SMILES string of the molecule is O=C(NC(Nc1cccc(Cl)c1)C(Cl)(Cl)Cl)c1ccc(Br)cc1. The average Bonchev–Trinajstić information content (AvgIpc) is 2.46. The minimum absolute atomic E-state index is 0.372. The Morgan fingerprint density at radius 1 is 1.09 bits per heavy atom. The first-order chi connectivity index (χ1) is 10.8. The third-order valence-corrected chi connectivity index (χ3v) is 4.26. The molecule has 0 aliphatic heterocycles. The van der Waals surface area contributed by atoms with Crippen LogP contribution in [0.5, 0.6) is 0 Å². The zero-order valence-electron chi connectivity index (χ0n) is 11.5. The van der Waals surface area contributed by atoms with Gasteiger partial charge in [0.2, 0.25) is 3.79 Å². The van der Waals surface area contributed by atoms with Crippen LogP contribution in [0, 0.1) is 0 Å². The summed E-state index contributed by atoms with van der Waals surface area (Å²) in [6.07, 6.45) is -0.942. The highest BCUT2D eigenvalue weighted by Crippen LogP contribution is 2.31. The second-order valence-electron chi connectivity index (χ2n) is 4.61. The van der Waals surface area contributed by atoms with Crippen molar-refractivity contribution in [3.8, 4) is 0 Å². The molecule has 8 heteroatoms. The van der Waals surface area contributed by atoms with Crippen LogP contribution in [0.15, 0.2) is 53.0 Å². The van der Waals surface area contributed by atoms with E-state index in [0.717, 1.165) is 4.47 Å². The topological polar surface area (TPSA) is 41.1 Å². The van der Waals surface area contributed by atoms with E-state index in [1.165, 1.54) is 0 Å². The van der Waals surface area contributed by atoms with Gasteiger partial charge in [-0.2, -0.15) is 0 Å². The van der Waals surface area contributed by atoms with Gasteiger partial charge in [0.05, 0.1) is 0 Å². The molecule has 0 aromatic heterocycles. The van der Waals surface area contributed by atoms with Crippen molar-refractivity contribution in [2.45, 2.75) is 9.96 Å². The zero-order valence-corrected chi connectivity index (χ0v) is 16.1. The molecule has 0 bridgehead atoms. The lowest BCUT2D eigenvalue weighted by Gasteiger charge is -2.27. The zero-order chi connectivity index (χ0) is 17.0. The monoisotopic (exact) mass is 454 g/mol. The van der Waals surface area contributed by atoms with Crippen LogP contribution in [-0.2, 0) is 0 Å². The maximum atomic E-state index is 12.3. The van der Waals surface area contributed by atoms with E-state index in [2.05, 4.69) is 26.6 Å². The first kappa shape index (κ1) is 18.7. The first-order valence-electron chi connectivity index (χ1n) is 6.41. The fourth-order valence-electron chi connectivity index (χ4n) is 1.76. The van der Waals surface area contributed by atoms with Gasteiger partial charge in [-0.3, -0.25) is 4.79 Å². The summed E-state index contributed by atoms with van der Waals surface area (Å²) in [5, 5.41) is 6.13. The fraction of sp³-hybridized carbons (Fsp3) is 0.133. The molecule has 122 valence electrons. The largest absolute Gasteiger partial charge is 0.362 e. The van der Waals surface area contributed by atoms with Gasteiger partial charge in [-0.05, 0) is 42.5 Å². The predicted octanol–water partition coefficient (Wildman–Crippen LogP) is 5.64. The van der Waals surface area contributed by atoms with Crippen molar-refractivity contribution in [3.05, 3.63) is 63.6 Å². The van der Waals surface area contributed by atoms with Crippen molar-refractivity contribution in [2.75, 3.05) is 5.32 Å². The Kier molecular flexibility index (Phi) is 6.46. The molecule has 1 amide bonds. The molecule has 23 heavy (non-hydrogen) atoms. The predicted molar refractivity (Wildman–Crippen MR) is 101 cm³/mol. The summed E-state index contributed by atoms with van der Waals surface area (Å²) in [5.41, 5.74) is 1.06. The second kappa shape index (κ2) is 7.95. The van der Waals surface area contributed by atoms with Crippen LogP contribution in [0.2, 0.25) is 5.02 Å². The van der Waals surface area contributed by atoms with E-state index in [-0.39, 0.29) is 5.91 Å². The third kappa shape index (κ3) is 5.73. The Morgan fingerprint density at radius 3 is 2.30 bits per heavy atom. The van der Waals surface area contributed by atoms with E-state index in [1.807, 2.05) is 0 Å². The summed E-state index contributed by atoms with van der Waals surface area (Å²) in [4.78, 5) is 12.3. The highest BCUT2D eigenvalue weighted by molar-refractivity contribution is 9.10. The van der Waals surface area contributed by atoms with Gasteiger partial charge in [0, 0.05) is 20.7 Å². The molecule has 0 fully saturated rings. The second-order valence-corrected chi connectivity index (χ2v) is 8.33. The number of carbonyl (C=O) groups excluding carboxylic acids is 1. The van der Waals surface area contributed by atoms with E-state index in [0.29, 0.717) is 16.3 Å². The summed E-state index contributed by atoms with van der Waals surface area (Å²) in [6, 6.07) is 13.7. The van der Waals surface area contributed by atoms with Crippen LogP contribution in [0.4, 0.5) is 5.69 Å². The molecule has 2 aromatic rings. The number of hydrogen-bond acceptors (Lipinski definition) is 2. The summed E-state index contributed by atoms with van der Waals surface area (Å²) in [6.45, 7) is 0. The quantitative estimate of drug-likeness (QED) is 0.461. The van der Waals surface area contributed by atoms with Crippen molar-refractivity contribution in [1.29, 1.82) is 0 Å². The van der Waals surface area contributed by atoms with Crippen molar-refractivity contribution in [2.24, 2.45) is 0 Å². The fourth-order valence-corrected chi connectivity index (χ4v) is 2.54. The summed E-state index contributed by atoms with van der Waals surface area (Å²) < 4.78 is -0.892. The van der Waals surface area contributed by atoms with Crippen molar-refractivity contribution in [3.63, 3.8) is 0 Å². The minimum atomic E-state index is -1.76. The standard InChI is InChI=1S/C15H11BrCl4N2O/c16-10-6-4-9(5-7-10)13(23)22-14(15(18,19)20)21-12-3-1-2-11(17)8-12/h1-8,14,21H,(H,22,23). The molecule has 0 radical (unpaired) electrons. The first-order valence-corrected chi connectivity index (χ1v) is 8.71. The Bertz CT molecular complexity index is 689. The molecule has 2 aromatic carbocycles. The van der Waals surface area contributed by atoms with Gasteiger partial charge in [-0.15, -0.1) is 0 Å². The molecule has 2 rings (SSSR count). The van der Waals surface area contributed by atoms with Crippen LogP contribution in [0.1, 0.15) is 10.4 Å². The molecule has 0 saturated heterocycles. The van der Waals surface area contributed by atoms with Crippen LogP contribution >= 0.6 is 62.3 Å². The van der Waals surface area contributed by atoms with Crippen LogP contribution in [-0.4, -0.2) is 15.9 Å². The lowest BCUT2D eigenvalue weighted by Crippen LogP contribution is -2.49. The Labute approximate surface area is 162 Å². The number of halogens is 5. The molecule has 2 N–H and O–H groups in total. The van der Waals surface area contributed by atoms with E-state index in [4.69, 9.17) is 46.4 Å². The lowest BCUT2D eigenvalue weighted by molar-refractivity contribution is 0.0942. The molecular weight excluding hydrogens is 446 g/mol. The molecule has 0 aliphatic rings. The number of nitrogens with one attached hydrogen (secondary N) is 2. The third-order valence-electron chi connectivity index (χ3n) is 2.84. The van der Waals surface area contributed by atoms with Gasteiger partial charge in [0.15, 0.2) is 0 Å². The number of anilines is 1. The number of rotatable bonds is 4. The average molecular weight is 457 g/mol. The minimum Gasteiger partial charge on any atom is -0.362 e. The van der Waals surface area contributed by atoms with Crippen molar-refractivity contribution >= 4 is 73.9 Å². The summed E-state index contributed by atoms with van der Waals surface area (Å²) >= 11 is 27.1. The molecule has 0 aliphatic carbocycles. The number of benzene rings is 2. The smallest absolute Gasteiger partial charge is 0.252 e. The molecule has 0 heterocycles. The van der Waals surface area contributed by atoms with Gasteiger partial charge >= 0.3 is 0 Å². The van der Waals surface area contributed by atoms with Crippen molar-refractivity contribution in [1.82, 2.24) is 5.32 Å². The lowest BCUT2D eigenvalue weighted by atomic mass is 10.2. The number of alkyl halides is 3. The maximum Gasteiger partial charge on any atom is 0.252 e. The highest BCUT2D eigenvalue weighted by Gasteiger charge is 2.34. The molecule has 1 unspecified atom stereocenters. The van der Waals surface area contributed by atoms with Gasteiger partial charge in [-0.1, -0.05) is 68.4 Å². The summed E-state index contributed by atoms with van der Waals surface area (Å²) in [5.74, 6) is -0.372. The van der Waals surface area contributed by atoms with Gasteiger partial charge < -0.3 is 10.6 Å². The Hall–Kier alpha value is -0.650. The molecular formula is C15H11BrCl4N2O. The number of carbonyl (C=O) groups is 1. The van der Waals surface area contributed by atoms with Crippen LogP contribution in [0.25, 0.3) is 0 Å². The van der Waals surface area contributed by atoms with E-state index >= 15 is 0 Å². The summed E-state index contributed by atoms with van der Waals surface area (Å²) in [7, 11) is 0. The Balaban J connectivity index is 2.16. The van der Waals surface area contributed by atoms with E-state index < -0.39 is 9.96 Å². The van der Waals surface area contributed by atoms with Crippen molar-refractivity contribution < 1.29 is 4.79 Å². The van der Waals surface area contributed by atoms with Gasteiger partial charge in [0.1, 0.15) is 6.17 Å². The molecule has 0 saturated carbocycles. The van der Waals surface area contributed by atoms with E-state index in [1.54, 1.807) is 48.5 Å². The normalized spacial score (nSPS) is 12.6. The number of hydrogen-bond donors (Lipinski definition) is 2. The Morgan fingerprint density at radius 2 is 1.74 bits per heavy atom. The molecule has 3 nitrogen and oxygen atoms in total. The van der Waals surface area contributed by atoms with Gasteiger partial charge in [-0.25, -0.2) is 0 Å². The maximum absolute atomic E-state index is 12.3. The highest BCUT2D eigenvalue weighted by atomic mass is 79.9. The molecule has 0 spiro atoms. The van der Waals surface area contributed by atoms with Gasteiger partial charge in [0.25, 0.3) is 5.91 Å². The van der Waals surface area contributed by atoms with Crippen LogP contribution < -0.4 is 10.6 Å². The van der Waals surface area contributed by atoms with Crippen LogP contribution in [0.3, 0.4) is 0 Å². The van der Waals surface area contributed by atoms with E-state index in [9.17, 15) is 4.79 Å². The molecule has 1 atom stereocenters. The number of amides is 1.